The first-order valence-corrected chi connectivity index (χ1v) is 8.71. The molecule has 1 saturated heterocycles. The fraction of sp³-hybridized carbons (Fsp3) is 0.611. The molecule has 2 atom stereocenters. The topological polar surface area (TPSA) is 59.6 Å². The van der Waals surface area contributed by atoms with E-state index in [1.54, 1.807) is 12.1 Å². The van der Waals surface area contributed by atoms with Crippen molar-refractivity contribution in [2.45, 2.75) is 52.3 Å². The number of carbonyl (C=O) groups is 1. The minimum atomic E-state index is -2.93. The number of alkyl halides is 2. The van der Waals surface area contributed by atoms with Crippen LogP contribution in [0.3, 0.4) is 0 Å². The average Bonchev–Trinajstić information content (AvgIpc) is 2.58. The highest BCUT2D eigenvalue weighted by Crippen LogP contribution is 2.27. The lowest BCUT2D eigenvalue weighted by Gasteiger charge is -2.27. The van der Waals surface area contributed by atoms with Gasteiger partial charge in [-0.3, -0.25) is 4.79 Å². The Labute approximate surface area is 147 Å². The molecule has 2 N–H and O–H groups in total. The van der Waals surface area contributed by atoms with Gasteiger partial charge >= 0.3 is 6.61 Å². The van der Waals surface area contributed by atoms with Crippen molar-refractivity contribution in [3.63, 3.8) is 0 Å². The standard InChI is InChI=1S/C18H26F2N2O3/c1-3-8-24-15-5-4-14(16(10-15)25-18(19)20)11-22-17(23)13-6-7-21-12(2)9-13/h4-5,10,12-13,18,21H,3,6-9,11H2,1-2H3,(H,22,23)/t12-,13-/m0/s1. The number of nitrogens with one attached hydrogen (secondary N) is 2. The molecule has 1 aliphatic heterocycles. The molecule has 0 aliphatic carbocycles. The van der Waals surface area contributed by atoms with Gasteiger partial charge in [0.05, 0.1) is 6.61 Å². The molecule has 7 heteroatoms. The highest BCUT2D eigenvalue weighted by Gasteiger charge is 2.24. The molecule has 2 rings (SSSR count). The van der Waals surface area contributed by atoms with Gasteiger partial charge in [-0.15, -0.1) is 0 Å². The van der Waals surface area contributed by atoms with Crippen LogP contribution in [-0.2, 0) is 11.3 Å². The summed E-state index contributed by atoms with van der Waals surface area (Å²) < 4.78 is 35.4. The molecule has 1 amide bonds. The zero-order valence-electron chi connectivity index (χ0n) is 14.7. The number of ether oxygens (including phenoxy) is 2. The summed E-state index contributed by atoms with van der Waals surface area (Å²) in [7, 11) is 0. The first-order valence-electron chi connectivity index (χ1n) is 8.71. The molecule has 1 aliphatic rings. The summed E-state index contributed by atoms with van der Waals surface area (Å²) in [4.78, 5) is 12.3. The van der Waals surface area contributed by atoms with Crippen LogP contribution in [0.4, 0.5) is 8.78 Å². The Morgan fingerprint density at radius 3 is 2.92 bits per heavy atom. The Balaban J connectivity index is 2.00. The summed E-state index contributed by atoms with van der Waals surface area (Å²) in [6.45, 7) is 2.53. The van der Waals surface area contributed by atoms with Gasteiger partial charge in [0.1, 0.15) is 11.5 Å². The van der Waals surface area contributed by atoms with Crippen LogP contribution in [0.5, 0.6) is 11.5 Å². The number of benzene rings is 1. The van der Waals surface area contributed by atoms with Crippen molar-refractivity contribution < 1.29 is 23.0 Å². The van der Waals surface area contributed by atoms with Crippen LogP contribution in [0.1, 0.15) is 38.7 Å². The number of amides is 1. The van der Waals surface area contributed by atoms with E-state index in [1.807, 2.05) is 13.8 Å². The third kappa shape index (κ3) is 6.16. The summed E-state index contributed by atoms with van der Waals surface area (Å²) in [6, 6.07) is 5.09. The summed E-state index contributed by atoms with van der Waals surface area (Å²) in [6.07, 6.45) is 2.37. The predicted octanol–water partition coefficient (Wildman–Crippen LogP) is 3.08. The van der Waals surface area contributed by atoms with Crippen molar-refractivity contribution in [1.29, 1.82) is 0 Å². The number of hydrogen-bond donors (Lipinski definition) is 2. The number of carbonyl (C=O) groups excluding carboxylic acids is 1. The van der Waals surface area contributed by atoms with E-state index in [2.05, 4.69) is 15.4 Å². The maximum atomic E-state index is 12.7. The molecule has 1 heterocycles. The lowest BCUT2D eigenvalue weighted by molar-refractivity contribution is -0.126. The van der Waals surface area contributed by atoms with E-state index in [0.717, 1.165) is 25.8 Å². The highest BCUT2D eigenvalue weighted by molar-refractivity contribution is 5.78. The van der Waals surface area contributed by atoms with E-state index in [9.17, 15) is 13.6 Å². The Hall–Kier alpha value is -1.89. The van der Waals surface area contributed by atoms with Crippen molar-refractivity contribution >= 4 is 5.91 Å². The van der Waals surface area contributed by atoms with E-state index in [0.29, 0.717) is 24.0 Å². The molecule has 0 aromatic heterocycles. The fourth-order valence-corrected chi connectivity index (χ4v) is 2.89. The maximum absolute atomic E-state index is 12.7. The van der Waals surface area contributed by atoms with E-state index < -0.39 is 6.61 Å². The van der Waals surface area contributed by atoms with Gasteiger partial charge in [0, 0.05) is 30.1 Å². The van der Waals surface area contributed by atoms with Crippen molar-refractivity contribution in [2.75, 3.05) is 13.2 Å². The zero-order chi connectivity index (χ0) is 18.2. The Morgan fingerprint density at radius 2 is 2.24 bits per heavy atom. The molecule has 140 valence electrons. The van der Waals surface area contributed by atoms with Crippen molar-refractivity contribution in [1.82, 2.24) is 10.6 Å². The van der Waals surface area contributed by atoms with E-state index in [1.165, 1.54) is 6.07 Å². The van der Waals surface area contributed by atoms with Crippen LogP contribution in [0, 0.1) is 5.92 Å². The van der Waals surface area contributed by atoms with Crippen LogP contribution in [-0.4, -0.2) is 31.7 Å². The molecule has 0 bridgehead atoms. The van der Waals surface area contributed by atoms with E-state index >= 15 is 0 Å². The summed E-state index contributed by atoms with van der Waals surface area (Å²) in [5, 5.41) is 6.13. The number of rotatable bonds is 8. The van der Waals surface area contributed by atoms with Gasteiger partial charge in [-0.2, -0.15) is 8.78 Å². The van der Waals surface area contributed by atoms with Crippen LogP contribution in [0.15, 0.2) is 18.2 Å². The normalized spacial score (nSPS) is 20.4. The van der Waals surface area contributed by atoms with Gasteiger partial charge in [-0.1, -0.05) is 6.92 Å². The first kappa shape index (κ1) is 19.4. The molecule has 25 heavy (non-hydrogen) atoms. The second kappa shape index (κ2) is 9.56. The molecule has 0 radical (unpaired) electrons. The largest absolute Gasteiger partial charge is 0.493 e. The molecular weight excluding hydrogens is 330 g/mol. The first-order chi connectivity index (χ1) is 12.0. The summed E-state index contributed by atoms with van der Waals surface area (Å²) in [5.41, 5.74) is 0.500. The highest BCUT2D eigenvalue weighted by atomic mass is 19.3. The van der Waals surface area contributed by atoms with Crippen LogP contribution >= 0.6 is 0 Å². The molecule has 1 fully saturated rings. The lowest BCUT2D eigenvalue weighted by atomic mass is 9.92. The molecular formula is C18H26F2N2O3. The third-order valence-electron chi connectivity index (χ3n) is 4.18. The van der Waals surface area contributed by atoms with Crippen LogP contribution in [0.25, 0.3) is 0 Å². The second-order valence-corrected chi connectivity index (χ2v) is 6.29. The van der Waals surface area contributed by atoms with Gasteiger partial charge in [-0.25, -0.2) is 0 Å². The van der Waals surface area contributed by atoms with Crippen LogP contribution < -0.4 is 20.1 Å². The smallest absolute Gasteiger partial charge is 0.387 e. The SMILES string of the molecule is CCCOc1ccc(CNC(=O)[C@H]2CCN[C@@H](C)C2)c(OC(F)F)c1. The molecule has 0 saturated carbocycles. The minimum absolute atomic E-state index is 0.0302. The van der Waals surface area contributed by atoms with Crippen molar-refractivity contribution in [3.8, 4) is 11.5 Å². The second-order valence-electron chi connectivity index (χ2n) is 6.29. The lowest BCUT2D eigenvalue weighted by Crippen LogP contribution is -2.42. The number of hydrogen-bond acceptors (Lipinski definition) is 4. The van der Waals surface area contributed by atoms with Crippen LogP contribution in [0.2, 0.25) is 0 Å². The minimum Gasteiger partial charge on any atom is -0.493 e. The summed E-state index contributed by atoms with van der Waals surface area (Å²) >= 11 is 0. The molecule has 5 nitrogen and oxygen atoms in total. The predicted molar refractivity (Wildman–Crippen MR) is 90.9 cm³/mol. The molecule has 1 aromatic carbocycles. The van der Waals surface area contributed by atoms with Gasteiger partial charge < -0.3 is 20.1 Å². The molecule has 1 aromatic rings. The van der Waals surface area contributed by atoms with Gasteiger partial charge in [-0.05, 0) is 44.9 Å². The van der Waals surface area contributed by atoms with Gasteiger partial charge in [0.2, 0.25) is 5.91 Å². The maximum Gasteiger partial charge on any atom is 0.387 e. The Morgan fingerprint density at radius 1 is 1.44 bits per heavy atom. The van der Waals surface area contributed by atoms with E-state index in [4.69, 9.17) is 4.74 Å². The Bertz CT molecular complexity index is 569. The van der Waals surface area contributed by atoms with Crippen molar-refractivity contribution in [3.05, 3.63) is 23.8 Å². The quantitative estimate of drug-likeness (QED) is 0.752. The Kier molecular flexibility index (Phi) is 7.43. The molecule has 0 unspecified atom stereocenters. The monoisotopic (exact) mass is 356 g/mol. The van der Waals surface area contributed by atoms with Gasteiger partial charge in [0.25, 0.3) is 0 Å². The van der Waals surface area contributed by atoms with Crippen molar-refractivity contribution in [2.24, 2.45) is 5.92 Å². The summed E-state index contributed by atoms with van der Waals surface area (Å²) in [5.74, 6) is 0.396. The number of piperidine rings is 1. The zero-order valence-corrected chi connectivity index (χ0v) is 14.7. The van der Waals surface area contributed by atoms with Gasteiger partial charge in [0.15, 0.2) is 0 Å². The average molecular weight is 356 g/mol. The fourth-order valence-electron chi connectivity index (χ4n) is 2.89. The van der Waals surface area contributed by atoms with E-state index in [-0.39, 0.29) is 24.1 Å². The number of halogens is 2. The molecule has 0 spiro atoms. The third-order valence-corrected chi connectivity index (χ3v) is 4.18.